The molecule has 7 heteroatoms. The highest BCUT2D eigenvalue weighted by Crippen LogP contribution is 2.29. The van der Waals surface area contributed by atoms with Gasteiger partial charge in [-0.25, -0.2) is 4.90 Å². The number of carbonyl (C=O) groups excluding carboxylic acids is 2. The van der Waals surface area contributed by atoms with Gasteiger partial charge >= 0.3 is 0 Å². The number of para-hydroxylation sites is 1. The molecule has 1 aliphatic rings. The van der Waals surface area contributed by atoms with E-state index in [1.807, 2.05) is 36.4 Å². The molecule has 2 amide bonds. The number of anilines is 1. The maximum atomic E-state index is 12.5. The SMILES string of the molecule is NC(=NN=Cc1ccccc1)S[C@H]1CC(=O)N(c2ccccc2)C1=O. The van der Waals surface area contributed by atoms with Crippen LogP contribution in [-0.2, 0) is 9.59 Å². The van der Waals surface area contributed by atoms with E-state index in [9.17, 15) is 9.59 Å². The lowest BCUT2D eigenvalue weighted by molar-refractivity contribution is -0.121. The molecular weight excluding hydrogens is 336 g/mol. The molecule has 0 aliphatic carbocycles. The van der Waals surface area contributed by atoms with Crippen LogP contribution >= 0.6 is 11.8 Å². The number of hydrogen-bond donors (Lipinski definition) is 1. The van der Waals surface area contributed by atoms with Crippen molar-refractivity contribution in [2.45, 2.75) is 11.7 Å². The predicted octanol–water partition coefficient (Wildman–Crippen LogP) is 2.40. The number of rotatable bonds is 4. The molecule has 1 aliphatic heterocycles. The number of benzene rings is 2. The number of nitrogens with two attached hydrogens (primary N) is 1. The summed E-state index contributed by atoms with van der Waals surface area (Å²) in [4.78, 5) is 25.8. The number of imide groups is 1. The zero-order valence-corrected chi connectivity index (χ0v) is 14.1. The minimum atomic E-state index is -0.580. The number of nitrogens with zero attached hydrogens (tertiary/aromatic N) is 3. The summed E-state index contributed by atoms with van der Waals surface area (Å²) in [7, 11) is 0. The number of amides is 2. The Labute approximate surface area is 149 Å². The Morgan fingerprint density at radius 2 is 1.72 bits per heavy atom. The van der Waals surface area contributed by atoms with Crippen molar-refractivity contribution in [1.29, 1.82) is 0 Å². The van der Waals surface area contributed by atoms with Gasteiger partial charge in [0, 0.05) is 6.42 Å². The summed E-state index contributed by atoms with van der Waals surface area (Å²) in [5.41, 5.74) is 7.29. The summed E-state index contributed by atoms with van der Waals surface area (Å²) in [5.74, 6) is -0.527. The summed E-state index contributed by atoms with van der Waals surface area (Å²) < 4.78 is 0. The highest BCUT2D eigenvalue weighted by Gasteiger charge is 2.40. The van der Waals surface area contributed by atoms with E-state index in [-0.39, 0.29) is 23.4 Å². The molecule has 0 spiro atoms. The molecule has 1 fully saturated rings. The predicted molar refractivity (Wildman–Crippen MR) is 101 cm³/mol. The van der Waals surface area contributed by atoms with Gasteiger partial charge in [-0.3, -0.25) is 9.59 Å². The number of carbonyl (C=O) groups is 2. The maximum absolute atomic E-state index is 12.5. The van der Waals surface area contributed by atoms with Crippen LogP contribution in [0.2, 0.25) is 0 Å². The lowest BCUT2D eigenvalue weighted by Crippen LogP contribution is -2.31. The van der Waals surface area contributed by atoms with Crippen molar-refractivity contribution < 1.29 is 9.59 Å². The van der Waals surface area contributed by atoms with Crippen LogP contribution in [0.4, 0.5) is 5.69 Å². The van der Waals surface area contributed by atoms with Crippen molar-refractivity contribution in [2.75, 3.05) is 4.90 Å². The molecule has 1 heterocycles. The molecule has 0 radical (unpaired) electrons. The molecule has 2 N–H and O–H groups in total. The summed E-state index contributed by atoms with van der Waals surface area (Å²) in [6.45, 7) is 0. The van der Waals surface area contributed by atoms with Gasteiger partial charge in [0.05, 0.1) is 11.9 Å². The molecule has 0 saturated carbocycles. The van der Waals surface area contributed by atoms with Gasteiger partial charge in [-0.2, -0.15) is 5.10 Å². The van der Waals surface area contributed by atoms with E-state index >= 15 is 0 Å². The normalized spacial score (nSPS) is 18.3. The first-order valence-electron chi connectivity index (χ1n) is 7.65. The Bertz CT molecular complexity index is 821. The molecule has 0 aromatic heterocycles. The highest BCUT2D eigenvalue weighted by atomic mass is 32.2. The molecule has 1 atom stereocenters. The smallest absolute Gasteiger partial charge is 0.247 e. The molecule has 0 bridgehead atoms. The Morgan fingerprint density at radius 3 is 2.40 bits per heavy atom. The molecule has 25 heavy (non-hydrogen) atoms. The van der Waals surface area contributed by atoms with Crippen LogP contribution in [0.25, 0.3) is 0 Å². The van der Waals surface area contributed by atoms with Gasteiger partial charge < -0.3 is 5.73 Å². The van der Waals surface area contributed by atoms with Gasteiger partial charge in [-0.05, 0) is 17.7 Å². The van der Waals surface area contributed by atoms with E-state index < -0.39 is 5.25 Å². The summed E-state index contributed by atoms with van der Waals surface area (Å²) in [5, 5.41) is 7.36. The largest absolute Gasteiger partial charge is 0.377 e. The standard InChI is InChI=1S/C18H16N4O2S/c19-18(21-20-12-13-7-3-1-4-8-13)25-15-11-16(23)22(17(15)24)14-9-5-2-6-10-14/h1-10,12,15H,11H2,(H2,19,21)/t15-/m0/s1. The average Bonchev–Trinajstić information content (AvgIpc) is 2.90. The number of amidine groups is 1. The highest BCUT2D eigenvalue weighted by molar-refractivity contribution is 8.14. The van der Waals surface area contributed by atoms with E-state index in [2.05, 4.69) is 10.2 Å². The molecule has 126 valence electrons. The van der Waals surface area contributed by atoms with Crippen molar-refractivity contribution in [1.82, 2.24) is 0 Å². The molecular formula is C18H16N4O2S. The van der Waals surface area contributed by atoms with Crippen LogP contribution < -0.4 is 10.6 Å². The average molecular weight is 352 g/mol. The van der Waals surface area contributed by atoms with E-state index in [1.165, 1.54) is 4.90 Å². The topological polar surface area (TPSA) is 88.1 Å². The van der Waals surface area contributed by atoms with E-state index in [1.54, 1.807) is 30.5 Å². The molecule has 1 saturated heterocycles. The van der Waals surface area contributed by atoms with Gasteiger partial charge in [0.2, 0.25) is 11.8 Å². The summed E-state index contributed by atoms with van der Waals surface area (Å²) in [6, 6.07) is 18.3. The third kappa shape index (κ3) is 4.13. The van der Waals surface area contributed by atoms with Crippen molar-refractivity contribution in [2.24, 2.45) is 15.9 Å². The second-order valence-corrected chi connectivity index (χ2v) is 6.53. The Hall–Kier alpha value is -2.93. The van der Waals surface area contributed by atoms with Crippen molar-refractivity contribution >= 4 is 40.6 Å². The zero-order chi connectivity index (χ0) is 17.6. The first-order chi connectivity index (χ1) is 12.1. The zero-order valence-electron chi connectivity index (χ0n) is 13.3. The first-order valence-corrected chi connectivity index (χ1v) is 8.53. The lowest BCUT2D eigenvalue weighted by atomic mass is 10.2. The summed E-state index contributed by atoms with van der Waals surface area (Å²) in [6.07, 6.45) is 1.67. The Kier molecular flexibility index (Phi) is 5.25. The minimum absolute atomic E-state index is 0.0943. The third-order valence-electron chi connectivity index (χ3n) is 3.55. The summed E-state index contributed by atoms with van der Waals surface area (Å²) >= 11 is 1.05. The fourth-order valence-corrected chi connectivity index (χ4v) is 3.22. The van der Waals surface area contributed by atoms with E-state index in [0.29, 0.717) is 5.69 Å². The lowest BCUT2D eigenvalue weighted by Gasteiger charge is -2.14. The van der Waals surface area contributed by atoms with Gasteiger partial charge in [-0.15, -0.1) is 5.10 Å². The van der Waals surface area contributed by atoms with E-state index in [4.69, 9.17) is 5.73 Å². The monoisotopic (exact) mass is 352 g/mol. The maximum Gasteiger partial charge on any atom is 0.247 e. The number of hydrogen-bond acceptors (Lipinski definition) is 5. The fourth-order valence-electron chi connectivity index (χ4n) is 2.41. The van der Waals surface area contributed by atoms with Crippen LogP contribution in [0, 0.1) is 0 Å². The van der Waals surface area contributed by atoms with Crippen LogP contribution in [0.1, 0.15) is 12.0 Å². The van der Waals surface area contributed by atoms with Crippen molar-refractivity contribution in [3.8, 4) is 0 Å². The van der Waals surface area contributed by atoms with Crippen molar-refractivity contribution in [3.63, 3.8) is 0 Å². The van der Waals surface area contributed by atoms with Crippen LogP contribution in [0.3, 0.4) is 0 Å². The first kappa shape index (κ1) is 16.9. The fraction of sp³-hybridized carbons (Fsp3) is 0.111. The molecule has 0 unspecified atom stereocenters. The third-order valence-corrected chi connectivity index (χ3v) is 4.52. The van der Waals surface area contributed by atoms with E-state index in [0.717, 1.165) is 17.3 Å². The van der Waals surface area contributed by atoms with Crippen LogP contribution in [-0.4, -0.2) is 28.4 Å². The second-order valence-electron chi connectivity index (χ2n) is 5.31. The minimum Gasteiger partial charge on any atom is -0.377 e. The Balaban J connectivity index is 1.65. The van der Waals surface area contributed by atoms with Crippen molar-refractivity contribution in [3.05, 3.63) is 66.2 Å². The molecule has 6 nitrogen and oxygen atoms in total. The molecule has 2 aromatic rings. The quantitative estimate of drug-likeness (QED) is 0.396. The number of thioether (sulfide) groups is 1. The van der Waals surface area contributed by atoms with Gasteiger partial charge in [0.25, 0.3) is 0 Å². The molecule has 2 aromatic carbocycles. The second kappa shape index (κ2) is 7.76. The molecule has 3 rings (SSSR count). The Morgan fingerprint density at radius 1 is 1.08 bits per heavy atom. The van der Waals surface area contributed by atoms with Gasteiger partial charge in [-0.1, -0.05) is 60.3 Å². The van der Waals surface area contributed by atoms with Gasteiger partial charge in [0.1, 0.15) is 5.25 Å². The van der Waals surface area contributed by atoms with Gasteiger partial charge in [0.15, 0.2) is 5.17 Å². The van der Waals surface area contributed by atoms with Crippen LogP contribution in [0.5, 0.6) is 0 Å². The van der Waals surface area contributed by atoms with Crippen LogP contribution in [0.15, 0.2) is 70.9 Å².